The van der Waals surface area contributed by atoms with E-state index in [1.807, 2.05) is 6.07 Å². The summed E-state index contributed by atoms with van der Waals surface area (Å²) in [4.78, 5) is 2.43. The highest BCUT2D eigenvalue weighted by Gasteiger charge is 2.47. The lowest BCUT2D eigenvalue weighted by Crippen LogP contribution is -2.28. The lowest BCUT2D eigenvalue weighted by molar-refractivity contribution is 0.670. The first-order valence-electron chi connectivity index (χ1n) is 26.3. The predicted octanol–water partition coefficient (Wildman–Crippen LogP) is 19.1. The first-order chi connectivity index (χ1) is 37.7. The summed E-state index contributed by atoms with van der Waals surface area (Å²) in [6.45, 7) is 0. The number of hydrogen-bond acceptors (Lipinski definition) is 2. The number of benzene rings is 12. The number of anilines is 3. The van der Waals surface area contributed by atoms with Crippen molar-refractivity contribution in [2.75, 3.05) is 4.90 Å². The van der Waals surface area contributed by atoms with Gasteiger partial charge in [0.15, 0.2) is 0 Å². The maximum absolute atomic E-state index is 6.63. The number of fused-ring (bicyclic) bond motifs is 9. The Morgan fingerprint density at radius 3 is 1.36 bits per heavy atom. The van der Waals surface area contributed by atoms with Gasteiger partial charge >= 0.3 is 0 Å². The smallest absolute Gasteiger partial charge is 0.143 e. The normalized spacial score (nSPS) is 13.5. The van der Waals surface area contributed by atoms with Gasteiger partial charge in [-0.1, -0.05) is 249 Å². The molecule has 2 heteroatoms. The SMILES string of the molecule is c1ccc(C2(c3ccccc3)c3ccccc3-c3cc(N(c4ccc(-c5ccc6c(c5)C(c5ccccc5)(c5ccccc5)c5ccccc5-6)cc4)c4cccc(-c5cccc6c5oc5ccccc56)c4)ccc32)cc1. The number of para-hydroxylation sites is 2. The van der Waals surface area contributed by atoms with Crippen LogP contribution in [-0.4, -0.2) is 0 Å². The second-order valence-corrected chi connectivity index (χ2v) is 20.3. The fourth-order valence-electron chi connectivity index (χ4n) is 13.2. The number of furan rings is 1. The Morgan fingerprint density at radius 1 is 0.250 bits per heavy atom. The van der Waals surface area contributed by atoms with E-state index >= 15 is 0 Å². The highest BCUT2D eigenvalue weighted by Crippen LogP contribution is 2.59. The third kappa shape index (κ3) is 6.47. The molecule has 2 aliphatic rings. The molecule has 356 valence electrons. The summed E-state index contributed by atoms with van der Waals surface area (Å²) in [5.74, 6) is 0. The third-order valence-electron chi connectivity index (χ3n) is 16.4. The summed E-state index contributed by atoms with van der Waals surface area (Å²) >= 11 is 0. The summed E-state index contributed by atoms with van der Waals surface area (Å²) in [5, 5.41) is 2.24. The van der Waals surface area contributed by atoms with Crippen molar-refractivity contribution < 1.29 is 4.42 Å². The van der Waals surface area contributed by atoms with Gasteiger partial charge in [0.2, 0.25) is 0 Å². The lowest BCUT2D eigenvalue weighted by atomic mass is 9.67. The zero-order valence-electron chi connectivity index (χ0n) is 41.6. The average molecular weight is 968 g/mol. The third-order valence-corrected chi connectivity index (χ3v) is 16.4. The van der Waals surface area contributed by atoms with E-state index < -0.39 is 10.8 Å². The predicted molar refractivity (Wildman–Crippen MR) is 314 cm³/mol. The van der Waals surface area contributed by atoms with Crippen molar-refractivity contribution in [3.05, 3.63) is 342 Å². The molecule has 0 unspecified atom stereocenters. The van der Waals surface area contributed by atoms with Crippen molar-refractivity contribution >= 4 is 39.0 Å². The van der Waals surface area contributed by atoms with E-state index in [0.29, 0.717) is 0 Å². The molecular weight excluding hydrogens is 919 g/mol. The minimum atomic E-state index is -0.500. The van der Waals surface area contributed by atoms with Gasteiger partial charge in [-0.25, -0.2) is 0 Å². The Labute approximate surface area is 443 Å². The van der Waals surface area contributed by atoms with E-state index in [9.17, 15) is 0 Å². The second kappa shape index (κ2) is 17.4. The number of nitrogens with zero attached hydrogens (tertiary/aromatic N) is 1. The van der Waals surface area contributed by atoms with Crippen LogP contribution in [0.25, 0.3) is 66.4 Å². The van der Waals surface area contributed by atoms with Gasteiger partial charge in [-0.05, 0) is 132 Å². The molecule has 0 spiro atoms. The largest absolute Gasteiger partial charge is 0.455 e. The molecular formula is C74H49NO. The van der Waals surface area contributed by atoms with Crippen LogP contribution in [0.15, 0.2) is 302 Å². The highest BCUT2D eigenvalue weighted by atomic mass is 16.3. The fraction of sp³-hybridized carbons (Fsp3) is 0.0270. The number of rotatable bonds is 9. The summed E-state index contributed by atoms with van der Waals surface area (Å²) in [7, 11) is 0. The van der Waals surface area contributed by atoms with Crippen molar-refractivity contribution in [2.45, 2.75) is 10.8 Å². The fourth-order valence-corrected chi connectivity index (χ4v) is 13.2. The summed E-state index contributed by atoms with van der Waals surface area (Å²) in [6, 6.07) is 109. The minimum absolute atomic E-state index is 0.482. The molecule has 0 aliphatic heterocycles. The molecule has 0 fully saturated rings. The molecule has 0 bridgehead atoms. The first-order valence-corrected chi connectivity index (χ1v) is 26.3. The molecule has 76 heavy (non-hydrogen) atoms. The molecule has 0 amide bonds. The van der Waals surface area contributed by atoms with Crippen LogP contribution in [0.5, 0.6) is 0 Å². The quantitative estimate of drug-likeness (QED) is 0.143. The van der Waals surface area contributed by atoms with Gasteiger partial charge in [0.25, 0.3) is 0 Å². The Balaban J connectivity index is 0.906. The van der Waals surface area contributed by atoms with Crippen LogP contribution in [0, 0.1) is 0 Å². The van der Waals surface area contributed by atoms with Gasteiger partial charge < -0.3 is 9.32 Å². The maximum atomic E-state index is 6.63. The first kappa shape index (κ1) is 43.8. The average Bonchev–Trinajstić information content (AvgIpc) is 4.32. The summed E-state index contributed by atoms with van der Waals surface area (Å²) in [5.41, 5.74) is 23.7. The van der Waals surface area contributed by atoms with Gasteiger partial charge in [-0.2, -0.15) is 0 Å². The molecule has 12 aromatic carbocycles. The van der Waals surface area contributed by atoms with Gasteiger partial charge in [0.05, 0.1) is 10.8 Å². The molecule has 1 aromatic heterocycles. The van der Waals surface area contributed by atoms with E-state index in [-0.39, 0.29) is 0 Å². The zero-order chi connectivity index (χ0) is 50.2. The van der Waals surface area contributed by atoms with E-state index in [2.05, 4.69) is 296 Å². The van der Waals surface area contributed by atoms with Gasteiger partial charge in [-0.15, -0.1) is 0 Å². The van der Waals surface area contributed by atoms with Crippen LogP contribution >= 0.6 is 0 Å². The monoisotopic (exact) mass is 967 g/mol. The van der Waals surface area contributed by atoms with Gasteiger partial charge in [0.1, 0.15) is 11.2 Å². The van der Waals surface area contributed by atoms with E-state index in [1.54, 1.807) is 0 Å². The van der Waals surface area contributed by atoms with Gasteiger partial charge in [0, 0.05) is 33.4 Å². The second-order valence-electron chi connectivity index (χ2n) is 20.3. The van der Waals surface area contributed by atoms with Gasteiger partial charge in [-0.3, -0.25) is 0 Å². The molecule has 15 rings (SSSR count). The van der Waals surface area contributed by atoms with Crippen molar-refractivity contribution in [3.8, 4) is 44.5 Å². The van der Waals surface area contributed by atoms with E-state index in [1.165, 1.54) is 72.3 Å². The molecule has 0 saturated carbocycles. The van der Waals surface area contributed by atoms with E-state index in [4.69, 9.17) is 4.42 Å². The lowest BCUT2D eigenvalue weighted by Gasteiger charge is -2.34. The topological polar surface area (TPSA) is 16.4 Å². The standard InChI is InChI=1S/C74H49NO/c1-5-22-53(23-6-1)73(54-24-7-2-8-25-54)68-37-17-14-32-62(68)66-49-59(44-46-69(66)73)75(58-30-19-21-52(47-58)60-34-20-35-65-64-33-15-18-38-71(64)76-72(60)65)57-42-39-50(40-43-57)51-41-45-63-61-31-13-16-36-67(61)74(70(63)48-51,55-26-9-3-10-27-55)56-28-11-4-12-29-56/h1-49H. The molecule has 1 heterocycles. The van der Waals surface area contributed by atoms with Crippen LogP contribution in [0.1, 0.15) is 44.5 Å². The Bertz CT molecular complexity index is 4250. The van der Waals surface area contributed by atoms with Crippen molar-refractivity contribution in [2.24, 2.45) is 0 Å². The van der Waals surface area contributed by atoms with Crippen molar-refractivity contribution in [1.82, 2.24) is 0 Å². The summed E-state index contributed by atoms with van der Waals surface area (Å²) < 4.78 is 6.63. The van der Waals surface area contributed by atoms with Crippen LogP contribution in [0.2, 0.25) is 0 Å². The maximum Gasteiger partial charge on any atom is 0.143 e. The molecule has 13 aromatic rings. The minimum Gasteiger partial charge on any atom is -0.455 e. The van der Waals surface area contributed by atoms with Crippen LogP contribution < -0.4 is 4.90 Å². The van der Waals surface area contributed by atoms with Crippen molar-refractivity contribution in [3.63, 3.8) is 0 Å². The highest BCUT2D eigenvalue weighted by molar-refractivity contribution is 6.09. The summed E-state index contributed by atoms with van der Waals surface area (Å²) in [6.07, 6.45) is 0. The van der Waals surface area contributed by atoms with E-state index in [0.717, 1.165) is 55.7 Å². The zero-order valence-corrected chi connectivity index (χ0v) is 41.6. The molecule has 0 radical (unpaired) electrons. The molecule has 0 saturated heterocycles. The van der Waals surface area contributed by atoms with Crippen molar-refractivity contribution in [1.29, 1.82) is 0 Å². The molecule has 0 atom stereocenters. The Hall–Kier alpha value is -9.76. The Morgan fingerprint density at radius 2 is 0.711 bits per heavy atom. The molecule has 2 nitrogen and oxygen atoms in total. The molecule has 2 aliphatic carbocycles. The van der Waals surface area contributed by atoms with Crippen LogP contribution in [0.4, 0.5) is 17.1 Å². The Kier molecular flexibility index (Phi) is 10.0. The molecule has 0 N–H and O–H groups in total. The van der Waals surface area contributed by atoms with Crippen LogP contribution in [0.3, 0.4) is 0 Å². The van der Waals surface area contributed by atoms with Crippen LogP contribution in [-0.2, 0) is 10.8 Å². The number of hydrogen-bond donors (Lipinski definition) is 0.